The maximum Gasteiger partial charge on any atom is 0.238 e. The molecule has 5 aliphatic rings. The van der Waals surface area contributed by atoms with Crippen LogP contribution < -0.4 is 14.4 Å². The lowest BCUT2D eigenvalue weighted by Gasteiger charge is -2.30. The fourth-order valence-corrected chi connectivity index (χ4v) is 6.83. The molecule has 0 radical (unpaired) electrons. The summed E-state index contributed by atoms with van der Waals surface area (Å²) in [6.45, 7) is 0.131. The van der Waals surface area contributed by atoms with Gasteiger partial charge in [0.1, 0.15) is 6.10 Å². The Hall–Kier alpha value is -2.77. The molecule has 2 aromatic carbocycles. The number of ether oxygens (including phenoxy) is 2. The number of halogens is 2. The van der Waals surface area contributed by atoms with E-state index in [2.05, 4.69) is 5.16 Å². The van der Waals surface area contributed by atoms with Crippen molar-refractivity contribution in [2.45, 2.75) is 12.5 Å². The Morgan fingerprint density at radius 2 is 1.69 bits per heavy atom. The summed E-state index contributed by atoms with van der Waals surface area (Å²) in [5, 5.41) is 5.37. The number of nitrogens with zero attached hydrogens (tertiary/aromatic N) is 2. The van der Waals surface area contributed by atoms with Crippen LogP contribution in [-0.2, 0) is 14.4 Å². The Morgan fingerprint density at radius 3 is 2.50 bits per heavy atom. The molecule has 7 nitrogen and oxygen atoms in total. The Labute approximate surface area is 192 Å². The molecule has 0 aromatic heterocycles. The summed E-state index contributed by atoms with van der Waals surface area (Å²) in [7, 11) is 0. The zero-order valence-electron chi connectivity index (χ0n) is 16.5. The highest BCUT2D eigenvalue weighted by atomic mass is 35.5. The van der Waals surface area contributed by atoms with Crippen LogP contribution in [0.3, 0.4) is 0 Å². The molecule has 6 atom stereocenters. The minimum atomic E-state index is -0.394. The molecule has 2 aromatic rings. The first-order valence-corrected chi connectivity index (χ1v) is 11.2. The van der Waals surface area contributed by atoms with Gasteiger partial charge in [-0.25, -0.2) is 4.90 Å². The van der Waals surface area contributed by atoms with Gasteiger partial charge in [-0.15, -0.1) is 0 Å². The van der Waals surface area contributed by atoms with Gasteiger partial charge in [-0.05, 0) is 36.6 Å². The predicted molar refractivity (Wildman–Crippen MR) is 115 cm³/mol. The highest BCUT2D eigenvalue weighted by molar-refractivity contribution is 6.37. The molecule has 2 aliphatic carbocycles. The molecule has 3 heterocycles. The van der Waals surface area contributed by atoms with E-state index in [0.717, 1.165) is 17.7 Å². The second kappa shape index (κ2) is 6.39. The van der Waals surface area contributed by atoms with Crippen molar-refractivity contribution in [2.24, 2.45) is 34.7 Å². The lowest BCUT2D eigenvalue weighted by molar-refractivity contribution is -0.125. The van der Waals surface area contributed by atoms with Crippen molar-refractivity contribution in [3.63, 3.8) is 0 Å². The van der Waals surface area contributed by atoms with Gasteiger partial charge in [0, 0.05) is 28.5 Å². The lowest BCUT2D eigenvalue weighted by Crippen LogP contribution is -2.41. The van der Waals surface area contributed by atoms with Crippen molar-refractivity contribution in [1.82, 2.24) is 0 Å². The van der Waals surface area contributed by atoms with Crippen LogP contribution in [0.15, 0.2) is 41.6 Å². The SMILES string of the molecule is O=C1C2C3CC(C4C(c5ccc(Cl)cc5Cl)=NOC34)C2C(=O)N1c1ccc2c(c1)OCO2. The van der Waals surface area contributed by atoms with Gasteiger partial charge in [0.15, 0.2) is 11.5 Å². The summed E-state index contributed by atoms with van der Waals surface area (Å²) in [4.78, 5) is 34.1. The summed E-state index contributed by atoms with van der Waals surface area (Å²) < 4.78 is 10.8. The number of carbonyl (C=O) groups is 2. The van der Waals surface area contributed by atoms with Gasteiger partial charge in [-0.3, -0.25) is 9.59 Å². The van der Waals surface area contributed by atoms with Gasteiger partial charge in [-0.2, -0.15) is 0 Å². The fourth-order valence-electron chi connectivity index (χ4n) is 6.32. The van der Waals surface area contributed by atoms with Crippen LogP contribution in [0.1, 0.15) is 12.0 Å². The van der Waals surface area contributed by atoms with E-state index in [1.165, 1.54) is 4.90 Å². The monoisotopic (exact) mass is 470 g/mol. The third-order valence-corrected chi connectivity index (χ3v) is 8.06. The minimum absolute atomic E-state index is 0.0292. The number of hydrogen-bond acceptors (Lipinski definition) is 6. The molecule has 6 unspecified atom stereocenters. The van der Waals surface area contributed by atoms with Gasteiger partial charge in [0.2, 0.25) is 18.6 Å². The van der Waals surface area contributed by atoms with Crippen molar-refractivity contribution in [3.8, 4) is 11.5 Å². The molecule has 32 heavy (non-hydrogen) atoms. The van der Waals surface area contributed by atoms with Crippen LogP contribution in [0.2, 0.25) is 10.0 Å². The zero-order valence-corrected chi connectivity index (χ0v) is 18.0. The maximum absolute atomic E-state index is 13.5. The van der Waals surface area contributed by atoms with Crippen molar-refractivity contribution < 1.29 is 23.9 Å². The first kappa shape index (κ1) is 18.8. The molecule has 2 saturated carbocycles. The Bertz CT molecular complexity index is 1250. The van der Waals surface area contributed by atoms with Crippen molar-refractivity contribution >= 4 is 46.4 Å². The van der Waals surface area contributed by atoms with Gasteiger partial charge in [-0.1, -0.05) is 34.4 Å². The van der Waals surface area contributed by atoms with Crippen LogP contribution in [0, 0.1) is 29.6 Å². The molecule has 2 bridgehead atoms. The summed E-state index contributed by atoms with van der Waals surface area (Å²) in [5.74, 6) is -0.146. The third kappa shape index (κ3) is 2.30. The summed E-state index contributed by atoms with van der Waals surface area (Å²) in [5.41, 5.74) is 2.01. The van der Waals surface area contributed by atoms with E-state index in [-0.39, 0.29) is 42.5 Å². The standard InChI is InChI=1S/C23H16Cl2N2O5/c24-9-1-3-11(14(25)5-9)20-19-12-7-13(21(19)32-26-20)18-17(12)22(28)27(23(18)29)10-2-4-15-16(6-10)31-8-30-15/h1-6,12-13,17-19,21H,7-8H2. The Balaban J connectivity index is 1.24. The van der Waals surface area contributed by atoms with Crippen LogP contribution in [-0.4, -0.2) is 30.4 Å². The Kier molecular flexibility index (Phi) is 3.75. The summed E-state index contributed by atoms with van der Waals surface area (Å²) in [6, 6.07) is 10.4. The quantitative estimate of drug-likeness (QED) is 0.622. The molecule has 1 saturated heterocycles. The van der Waals surface area contributed by atoms with Gasteiger partial charge in [0.25, 0.3) is 0 Å². The van der Waals surface area contributed by atoms with Gasteiger partial charge >= 0.3 is 0 Å². The number of rotatable bonds is 2. The van der Waals surface area contributed by atoms with Crippen LogP contribution >= 0.6 is 23.2 Å². The highest BCUT2D eigenvalue weighted by Crippen LogP contribution is 2.62. The van der Waals surface area contributed by atoms with E-state index in [1.807, 2.05) is 6.07 Å². The van der Waals surface area contributed by atoms with Crippen molar-refractivity contribution in [3.05, 3.63) is 52.0 Å². The van der Waals surface area contributed by atoms with Crippen LogP contribution in [0.4, 0.5) is 5.69 Å². The lowest BCUT2D eigenvalue weighted by atomic mass is 9.71. The summed E-state index contributed by atoms with van der Waals surface area (Å²) in [6.07, 6.45) is 0.540. The smallest absolute Gasteiger partial charge is 0.238 e. The predicted octanol–water partition coefficient (Wildman–Crippen LogP) is 3.90. The number of hydrogen-bond donors (Lipinski definition) is 0. The molecular formula is C23H16Cl2N2O5. The van der Waals surface area contributed by atoms with E-state index >= 15 is 0 Å². The van der Waals surface area contributed by atoms with Crippen LogP contribution in [0.25, 0.3) is 0 Å². The number of imide groups is 1. The molecule has 2 amide bonds. The number of amides is 2. The average Bonchev–Trinajstić information content (AvgIpc) is 3.55. The van der Waals surface area contributed by atoms with Gasteiger partial charge < -0.3 is 14.3 Å². The molecule has 162 valence electrons. The largest absolute Gasteiger partial charge is 0.454 e. The van der Waals surface area contributed by atoms with Crippen LogP contribution in [0.5, 0.6) is 11.5 Å². The summed E-state index contributed by atoms with van der Waals surface area (Å²) >= 11 is 12.5. The van der Waals surface area contributed by atoms with Crippen molar-refractivity contribution in [1.29, 1.82) is 0 Å². The van der Waals surface area contributed by atoms with E-state index < -0.39 is 11.8 Å². The number of fused-ring (bicyclic) bond motifs is 9. The second-order valence-electron chi connectivity index (χ2n) is 8.86. The highest BCUT2D eigenvalue weighted by Gasteiger charge is 2.70. The molecule has 7 rings (SSSR count). The first-order valence-electron chi connectivity index (χ1n) is 10.5. The van der Waals surface area contributed by atoms with E-state index in [9.17, 15) is 9.59 Å². The second-order valence-corrected chi connectivity index (χ2v) is 9.70. The molecule has 9 heteroatoms. The van der Waals surface area contributed by atoms with Crippen molar-refractivity contribution in [2.75, 3.05) is 11.7 Å². The van der Waals surface area contributed by atoms with E-state index in [1.54, 1.807) is 30.3 Å². The number of carbonyl (C=O) groups excluding carboxylic acids is 2. The van der Waals surface area contributed by atoms with E-state index in [0.29, 0.717) is 27.2 Å². The number of oxime groups is 1. The number of anilines is 1. The molecule has 0 N–H and O–H groups in total. The average molecular weight is 471 g/mol. The number of benzene rings is 2. The minimum Gasteiger partial charge on any atom is -0.454 e. The van der Waals surface area contributed by atoms with Gasteiger partial charge in [0.05, 0.1) is 28.3 Å². The normalized spacial score (nSPS) is 33.4. The molecule has 3 fully saturated rings. The molecule has 0 spiro atoms. The molecule has 3 aliphatic heterocycles. The topological polar surface area (TPSA) is 77.4 Å². The van der Waals surface area contributed by atoms with E-state index in [4.69, 9.17) is 37.5 Å². The maximum atomic E-state index is 13.5. The zero-order chi connectivity index (χ0) is 21.7. The fraction of sp³-hybridized carbons (Fsp3) is 0.348. The Morgan fingerprint density at radius 1 is 0.906 bits per heavy atom. The third-order valence-electron chi connectivity index (χ3n) is 7.51. The molecular weight excluding hydrogens is 455 g/mol. The first-order chi connectivity index (χ1) is 15.5.